The second kappa shape index (κ2) is 6.85. The maximum absolute atomic E-state index is 12.8. The number of benzene rings is 2. The maximum Gasteiger partial charge on any atom is 0.202 e. The standard InChI is InChI=1S/C20H20O4S2/c1-15(25(21,22)17-9-5-3-6-10-17)19-13-14-20(19)16(2)26(23,24)18-11-7-4-8-12-18/h3-12H,13-14H2,1-2H3/b19-15+,20-16+. The highest BCUT2D eigenvalue weighted by atomic mass is 32.2. The lowest BCUT2D eigenvalue weighted by Crippen LogP contribution is -2.16. The average Bonchev–Trinajstić information content (AvgIpc) is 2.62. The van der Waals surface area contributed by atoms with Gasteiger partial charge in [-0.15, -0.1) is 0 Å². The Bertz CT molecular complexity index is 1000. The largest absolute Gasteiger partial charge is 0.219 e. The molecule has 136 valence electrons. The van der Waals surface area contributed by atoms with Gasteiger partial charge in [-0.2, -0.15) is 0 Å². The van der Waals surface area contributed by atoms with Crippen LogP contribution in [-0.4, -0.2) is 16.8 Å². The number of rotatable bonds is 4. The normalized spacial score (nSPS) is 18.8. The molecule has 0 spiro atoms. The van der Waals surface area contributed by atoms with E-state index in [9.17, 15) is 16.8 Å². The molecule has 0 radical (unpaired) electrons. The van der Waals surface area contributed by atoms with Crippen molar-refractivity contribution in [2.24, 2.45) is 0 Å². The molecule has 2 aromatic carbocycles. The molecule has 1 saturated carbocycles. The second-order valence-corrected chi connectivity index (χ2v) is 10.4. The third-order valence-electron chi connectivity index (χ3n) is 4.75. The third-order valence-corrected chi connectivity index (χ3v) is 8.64. The first-order valence-corrected chi connectivity index (χ1v) is 11.2. The minimum Gasteiger partial charge on any atom is -0.219 e. The fourth-order valence-electron chi connectivity index (χ4n) is 3.03. The Kier molecular flexibility index (Phi) is 4.90. The molecule has 26 heavy (non-hydrogen) atoms. The van der Waals surface area contributed by atoms with Gasteiger partial charge in [0.1, 0.15) is 0 Å². The van der Waals surface area contributed by atoms with Crippen LogP contribution < -0.4 is 0 Å². The number of hydrogen-bond acceptors (Lipinski definition) is 4. The zero-order chi connectivity index (χ0) is 18.9. The van der Waals surface area contributed by atoms with E-state index in [0.29, 0.717) is 24.0 Å². The molecule has 6 heteroatoms. The van der Waals surface area contributed by atoms with Crippen LogP contribution in [0.25, 0.3) is 0 Å². The van der Waals surface area contributed by atoms with Crippen molar-refractivity contribution in [3.05, 3.63) is 81.6 Å². The van der Waals surface area contributed by atoms with Crippen molar-refractivity contribution in [2.75, 3.05) is 0 Å². The van der Waals surface area contributed by atoms with Crippen LogP contribution >= 0.6 is 0 Å². The second-order valence-electron chi connectivity index (χ2n) is 6.20. The van der Waals surface area contributed by atoms with Gasteiger partial charge in [-0.1, -0.05) is 36.4 Å². The topological polar surface area (TPSA) is 68.3 Å². The quantitative estimate of drug-likeness (QED) is 0.784. The van der Waals surface area contributed by atoms with Crippen LogP contribution in [0.3, 0.4) is 0 Å². The van der Waals surface area contributed by atoms with Crippen molar-refractivity contribution in [1.29, 1.82) is 0 Å². The van der Waals surface area contributed by atoms with Gasteiger partial charge in [-0.05, 0) is 62.1 Å². The van der Waals surface area contributed by atoms with Gasteiger partial charge < -0.3 is 0 Å². The van der Waals surface area contributed by atoms with Crippen molar-refractivity contribution in [1.82, 2.24) is 0 Å². The first kappa shape index (κ1) is 18.6. The molecule has 0 N–H and O–H groups in total. The van der Waals surface area contributed by atoms with E-state index < -0.39 is 19.7 Å². The monoisotopic (exact) mass is 388 g/mol. The van der Waals surface area contributed by atoms with Crippen molar-refractivity contribution in [3.8, 4) is 0 Å². The van der Waals surface area contributed by atoms with E-state index in [1.165, 1.54) is 0 Å². The molecule has 2 aromatic rings. The SMILES string of the molecule is C/C(=C1/CC/C1=C(/C)S(=O)(=O)c1ccccc1)S(=O)(=O)c1ccccc1. The molecule has 1 aliphatic rings. The lowest BCUT2D eigenvalue weighted by molar-refractivity contribution is 0.597. The molecule has 1 aliphatic carbocycles. The van der Waals surface area contributed by atoms with Crippen molar-refractivity contribution in [2.45, 2.75) is 36.5 Å². The van der Waals surface area contributed by atoms with Gasteiger partial charge >= 0.3 is 0 Å². The van der Waals surface area contributed by atoms with Gasteiger partial charge in [0.05, 0.1) is 9.79 Å². The third kappa shape index (κ3) is 3.15. The van der Waals surface area contributed by atoms with Gasteiger partial charge in [-0.3, -0.25) is 0 Å². The van der Waals surface area contributed by atoms with Gasteiger partial charge in [0.15, 0.2) is 0 Å². The van der Waals surface area contributed by atoms with Crippen molar-refractivity contribution in [3.63, 3.8) is 0 Å². The highest BCUT2D eigenvalue weighted by molar-refractivity contribution is 7.95. The van der Waals surface area contributed by atoms with E-state index in [0.717, 1.165) is 0 Å². The molecule has 0 aromatic heterocycles. The van der Waals surface area contributed by atoms with Crippen molar-refractivity contribution < 1.29 is 16.8 Å². The molecule has 0 unspecified atom stereocenters. The zero-order valence-electron chi connectivity index (χ0n) is 14.6. The van der Waals surface area contributed by atoms with Gasteiger partial charge in [0.2, 0.25) is 19.7 Å². The van der Waals surface area contributed by atoms with E-state index in [1.807, 2.05) is 0 Å². The van der Waals surface area contributed by atoms with Crippen molar-refractivity contribution >= 4 is 19.7 Å². The number of allylic oxidation sites excluding steroid dienone is 4. The van der Waals surface area contributed by atoms with Crippen LogP contribution in [0.2, 0.25) is 0 Å². The van der Waals surface area contributed by atoms with E-state index in [-0.39, 0.29) is 19.6 Å². The van der Waals surface area contributed by atoms with Gasteiger partial charge in [-0.25, -0.2) is 16.8 Å². The molecule has 3 rings (SSSR count). The Morgan fingerprint density at radius 1 is 0.615 bits per heavy atom. The average molecular weight is 389 g/mol. The fourth-order valence-corrected chi connectivity index (χ4v) is 5.87. The number of hydrogen-bond donors (Lipinski definition) is 0. The van der Waals surface area contributed by atoms with E-state index in [4.69, 9.17) is 0 Å². The molecule has 4 nitrogen and oxygen atoms in total. The van der Waals surface area contributed by atoms with E-state index in [1.54, 1.807) is 74.5 Å². The Hall–Kier alpha value is -2.18. The summed E-state index contributed by atoms with van der Waals surface area (Å²) in [4.78, 5) is 0.903. The summed E-state index contributed by atoms with van der Waals surface area (Å²) in [6.07, 6.45) is 1.13. The van der Waals surface area contributed by atoms with Gasteiger partial charge in [0.25, 0.3) is 0 Å². The maximum atomic E-state index is 12.8. The Balaban J connectivity index is 2.09. The first-order valence-electron chi connectivity index (χ1n) is 8.26. The molecule has 0 saturated heterocycles. The molecule has 0 aliphatic heterocycles. The Morgan fingerprint density at radius 2 is 0.923 bits per heavy atom. The summed E-state index contributed by atoms with van der Waals surface area (Å²) in [5.41, 5.74) is 1.23. The zero-order valence-corrected chi connectivity index (χ0v) is 16.3. The summed E-state index contributed by atoms with van der Waals surface area (Å²) < 4.78 is 51.3. The van der Waals surface area contributed by atoms with E-state index >= 15 is 0 Å². The predicted molar refractivity (Wildman–Crippen MR) is 102 cm³/mol. The smallest absolute Gasteiger partial charge is 0.202 e. The summed E-state index contributed by atoms with van der Waals surface area (Å²) in [7, 11) is -7.25. The first-order chi connectivity index (χ1) is 12.3. The molecular weight excluding hydrogens is 368 g/mol. The van der Waals surface area contributed by atoms with Crippen LogP contribution in [0, 0.1) is 0 Å². The van der Waals surface area contributed by atoms with Crippen LogP contribution in [0.5, 0.6) is 0 Å². The highest BCUT2D eigenvalue weighted by Gasteiger charge is 2.31. The van der Waals surface area contributed by atoms with Crippen LogP contribution in [0.4, 0.5) is 0 Å². The van der Waals surface area contributed by atoms with Crippen LogP contribution in [0.1, 0.15) is 26.7 Å². The Morgan fingerprint density at radius 3 is 1.19 bits per heavy atom. The lowest BCUT2D eigenvalue weighted by Gasteiger charge is -2.27. The summed E-state index contributed by atoms with van der Waals surface area (Å²) in [5.74, 6) is 0. The van der Waals surface area contributed by atoms with Crippen LogP contribution in [0.15, 0.2) is 91.4 Å². The molecule has 0 heterocycles. The van der Waals surface area contributed by atoms with Gasteiger partial charge in [0, 0.05) is 9.81 Å². The lowest BCUT2D eigenvalue weighted by atomic mass is 9.85. The molecule has 1 fully saturated rings. The summed E-state index contributed by atoms with van der Waals surface area (Å²) in [6.45, 7) is 3.11. The fraction of sp³-hybridized carbons (Fsp3) is 0.200. The molecule has 0 bridgehead atoms. The van der Waals surface area contributed by atoms with Crippen LogP contribution in [-0.2, 0) is 19.7 Å². The molecule has 0 amide bonds. The van der Waals surface area contributed by atoms with E-state index in [2.05, 4.69) is 0 Å². The predicted octanol–water partition coefficient (Wildman–Crippen LogP) is 4.28. The highest BCUT2D eigenvalue weighted by Crippen LogP contribution is 2.42. The minimum atomic E-state index is -3.62. The Labute approximate surface area is 154 Å². The molecule has 0 atom stereocenters. The summed E-state index contributed by atoms with van der Waals surface area (Å²) in [5, 5.41) is 0. The molecular formula is C20H20O4S2. The minimum absolute atomic E-state index is 0.222. The summed E-state index contributed by atoms with van der Waals surface area (Å²) in [6, 6.07) is 16.4. The number of sulfone groups is 2. The summed E-state index contributed by atoms with van der Waals surface area (Å²) >= 11 is 0.